The molecule has 2 heterocycles. The standard InChI is InChI=1S/C16H20N4O/c1-11-5-6-13(17)8-14(11)16(21)20-7-3-4-15(20)12-9-18-19(2)10-12/h5-6,8-10,15H,3-4,7,17H2,1-2H3. The SMILES string of the molecule is Cc1ccc(N)cc1C(=O)N1CCCC1c1cnn(C)c1. The van der Waals surface area contributed by atoms with Gasteiger partial charge in [0, 0.05) is 36.6 Å². The van der Waals surface area contributed by atoms with E-state index in [1.807, 2.05) is 43.4 Å². The summed E-state index contributed by atoms with van der Waals surface area (Å²) in [4.78, 5) is 14.8. The Hall–Kier alpha value is -2.30. The quantitative estimate of drug-likeness (QED) is 0.861. The zero-order valence-corrected chi connectivity index (χ0v) is 12.4. The second-order valence-corrected chi connectivity index (χ2v) is 5.68. The Bertz CT molecular complexity index is 677. The number of likely N-dealkylation sites (tertiary alicyclic amines) is 1. The summed E-state index contributed by atoms with van der Waals surface area (Å²) in [5, 5.41) is 4.22. The molecule has 0 aliphatic carbocycles. The van der Waals surface area contributed by atoms with Gasteiger partial charge in [-0.1, -0.05) is 6.07 Å². The van der Waals surface area contributed by atoms with Crippen molar-refractivity contribution in [2.75, 3.05) is 12.3 Å². The predicted molar refractivity (Wildman–Crippen MR) is 81.8 cm³/mol. The van der Waals surface area contributed by atoms with Gasteiger partial charge < -0.3 is 10.6 Å². The van der Waals surface area contributed by atoms with Crippen LogP contribution in [-0.2, 0) is 7.05 Å². The van der Waals surface area contributed by atoms with E-state index < -0.39 is 0 Å². The lowest BCUT2D eigenvalue weighted by atomic mass is 10.0. The molecule has 0 spiro atoms. The molecule has 1 aromatic carbocycles. The number of carbonyl (C=O) groups excluding carboxylic acids is 1. The number of nitrogens with zero attached hydrogens (tertiary/aromatic N) is 3. The minimum Gasteiger partial charge on any atom is -0.399 e. The summed E-state index contributed by atoms with van der Waals surface area (Å²) >= 11 is 0. The lowest BCUT2D eigenvalue weighted by molar-refractivity contribution is 0.0735. The fourth-order valence-electron chi connectivity index (χ4n) is 2.99. The van der Waals surface area contributed by atoms with Crippen molar-refractivity contribution in [1.29, 1.82) is 0 Å². The zero-order valence-electron chi connectivity index (χ0n) is 12.4. The molecule has 0 radical (unpaired) electrons. The first kappa shape index (κ1) is 13.7. The molecule has 2 aromatic rings. The Kier molecular flexibility index (Phi) is 3.41. The minimum absolute atomic E-state index is 0.0613. The Morgan fingerprint density at radius 2 is 2.24 bits per heavy atom. The van der Waals surface area contributed by atoms with Crippen LogP contribution in [0.4, 0.5) is 5.69 Å². The molecule has 2 N–H and O–H groups in total. The summed E-state index contributed by atoms with van der Waals surface area (Å²) in [6.45, 7) is 2.73. The van der Waals surface area contributed by atoms with E-state index in [0.29, 0.717) is 11.3 Å². The molecule has 5 heteroatoms. The van der Waals surface area contributed by atoms with Gasteiger partial charge in [-0.2, -0.15) is 5.10 Å². The van der Waals surface area contributed by atoms with Crippen molar-refractivity contribution in [1.82, 2.24) is 14.7 Å². The van der Waals surface area contributed by atoms with Gasteiger partial charge in [0.25, 0.3) is 5.91 Å². The number of nitrogens with two attached hydrogens (primary N) is 1. The van der Waals surface area contributed by atoms with Crippen molar-refractivity contribution in [3.63, 3.8) is 0 Å². The number of aryl methyl sites for hydroxylation is 2. The van der Waals surface area contributed by atoms with Gasteiger partial charge >= 0.3 is 0 Å². The van der Waals surface area contributed by atoms with Gasteiger partial charge in [0.15, 0.2) is 0 Å². The van der Waals surface area contributed by atoms with E-state index in [0.717, 1.165) is 30.5 Å². The number of nitrogen functional groups attached to an aromatic ring is 1. The molecule has 0 bridgehead atoms. The van der Waals surface area contributed by atoms with Crippen LogP contribution in [-0.4, -0.2) is 27.1 Å². The monoisotopic (exact) mass is 284 g/mol. The van der Waals surface area contributed by atoms with Crippen LogP contribution in [0.2, 0.25) is 0 Å². The summed E-state index contributed by atoms with van der Waals surface area (Å²) in [6, 6.07) is 5.62. The van der Waals surface area contributed by atoms with E-state index in [-0.39, 0.29) is 11.9 Å². The molecular formula is C16H20N4O. The second-order valence-electron chi connectivity index (χ2n) is 5.68. The highest BCUT2D eigenvalue weighted by molar-refractivity contribution is 5.97. The van der Waals surface area contributed by atoms with E-state index in [1.54, 1.807) is 10.7 Å². The summed E-state index contributed by atoms with van der Waals surface area (Å²) in [5.74, 6) is 0.0613. The summed E-state index contributed by atoms with van der Waals surface area (Å²) in [6.07, 6.45) is 5.84. The van der Waals surface area contributed by atoms with Gasteiger partial charge in [0.05, 0.1) is 12.2 Å². The third-order valence-corrected chi connectivity index (χ3v) is 4.12. The number of aromatic nitrogens is 2. The summed E-state index contributed by atoms with van der Waals surface area (Å²) in [5.41, 5.74) is 9.22. The summed E-state index contributed by atoms with van der Waals surface area (Å²) in [7, 11) is 1.90. The molecule has 5 nitrogen and oxygen atoms in total. The number of carbonyl (C=O) groups is 1. The van der Waals surface area contributed by atoms with E-state index in [4.69, 9.17) is 5.73 Å². The largest absolute Gasteiger partial charge is 0.399 e. The molecule has 1 unspecified atom stereocenters. The number of amides is 1. The molecule has 110 valence electrons. The van der Waals surface area contributed by atoms with E-state index in [9.17, 15) is 4.79 Å². The van der Waals surface area contributed by atoms with E-state index >= 15 is 0 Å². The maximum atomic E-state index is 12.9. The Morgan fingerprint density at radius 3 is 2.95 bits per heavy atom. The van der Waals surface area contributed by atoms with Crippen molar-refractivity contribution < 1.29 is 4.79 Å². The average Bonchev–Trinajstić information content (AvgIpc) is 3.09. The van der Waals surface area contributed by atoms with Crippen molar-refractivity contribution in [3.8, 4) is 0 Å². The molecule has 1 aliphatic heterocycles. The number of hydrogen-bond donors (Lipinski definition) is 1. The fraction of sp³-hybridized carbons (Fsp3) is 0.375. The number of hydrogen-bond acceptors (Lipinski definition) is 3. The van der Waals surface area contributed by atoms with Gasteiger partial charge in [0.1, 0.15) is 0 Å². The van der Waals surface area contributed by atoms with E-state index in [1.165, 1.54) is 0 Å². The van der Waals surface area contributed by atoms with Crippen LogP contribution in [0.25, 0.3) is 0 Å². The third-order valence-electron chi connectivity index (χ3n) is 4.12. The molecule has 1 amide bonds. The van der Waals surface area contributed by atoms with Gasteiger partial charge in [-0.3, -0.25) is 9.48 Å². The zero-order chi connectivity index (χ0) is 15.0. The molecule has 1 aromatic heterocycles. The first-order valence-corrected chi connectivity index (χ1v) is 7.22. The van der Waals surface area contributed by atoms with Crippen LogP contribution in [0.5, 0.6) is 0 Å². The molecule has 1 aliphatic rings. The smallest absolute Gasteiger partial charge is 0.254 e. The number of anilines is 1. The highest BCUT2D eigenvalue weighted by Gasteiger charge is 2.31. The molecule has 1 fully saturated rings. The number of rotatable bonds is 2. The Balaban J connectivity index is 1.91. The first-order chi connectivity index (χ1) is 10.1. The van der Waals surface area contributed by atoms with Gasteiger partial charge in [-0.15, -0.1) is 0 Å². The van der Waals surface area contributed by atoms with Crippen molar-refractivity contribution >= 4 is 11.6 Å². The maximum Gasteiger partial charge on any atom is 0.254 e. The van der Waals surface area contributed by atoms with Crippen LogP contribution in [0.3, 0.4) is 0 Å². The fourth-order valence-corrected chi connectivity index (χ4v) is 2.99. The lowest BCUT2D eigenvalue weighted by Gasteiger charge is -2.24. The molecular weight excluding hydrogens is 264 g/mol. The van der Waals surface area contributed by atoms with Crippen molar-refractivity contribution in [2.24, 2.45) is 7.05 Å². The van der Waals surface area contributed by atoms with Gasteiger partial charge in [0.2, 0.25) is 0 Å². The highest BCUT2D eigenvalue weighted by Crippen LogP contribution is 2.33. The van der Waals surface area contributed by atoms with Crippen LogP contribution in [0.15, 0.2) is 30.6 Å². The van der Waals surface area contributed by atoms with Crippen LogP contribution >= 0.6 is 0 Å². The van der Waals surface area contributed by atoms with E-state index in [2.05, 4.69) is 5.10 Å². The maximum absolute atomic E-state index is 12.9. The van der Waals surface area contributed by atoms with Gasteiger partial charge in [-0.05, 0) is 37.5 Å². The Labute approximate surface area is 124 Å². The highest BCUT2D eigenvalue weighted by atomic mass is 16.2. The Morgan fingerprint density at radius 1 is 1.43 bits per heavy atom. The average molecular weight is 284 g/mol. The number of benzene rings is 1. The first-order valence-electron chi connectivity index (χ1n) is 7.22. The van der Waals surface area contributed by atoms with Crippen molar-refractivity contribution in [3.05, 3.63) is 47.3 Å². The topological polar surface area (TPSA) is 64.2 Å². The predicted octanol–water partition coefficient (Wildman–Crippen LogP) is 2.29. The molecule has 1 atom stereocenters. The second kappa shape index (κ2) is 5.24. The lowest BCUT2D eigenvalue weighted by Crippen LogP contribution is -2.31. The van der Waals surface area contributed by atoms with Crippen LogP contribution < -0.4 is 5.73 Å². The summed E-state index contributed by atoms with van der Waals surface area (Å²) < 4.78 is 1.78. The molecule has 0 saturated carbocycles. The molecule has 21 heavy (non-hydrogen) atoms. The third kappa shape index (κ3) is 2.51. The van der Waals surface area contributed by atoms with Gasteiger partial charge in [-0.25, -0.2) is 0 Å². The molecule has 3 rings (SSSR count). The van der Waals surface area contributed by atoms with Crippen LogP contribution in [0, 0.1) is 6.92 Å². The normalized spacial score (nSPS) is 18.2. The van der Waals surface area contributed by atoms with Crippen molar-refractivity contribution in [2.45, 2.75) is 25.8 Å². The van der Waals surface area contributed by atoms with Crippen LogP contribution in [0.1, 0.15) is 40.4 Å². The molecule has 1 saturated heterocycles. The minimum atomic E-state index is 0.0613.